The number of benzene rings is 1. The molecule has 1 atom stereocenters. The lowest BCUT2D eigenvalue weighted by atomic mass is 9.96. The summed E-state index contributed by atoms with van der Waals surface area (Å²) in [6.07, 6.45) is 11.0. The van der Waals surface area contributed by atoms with Crippen LogP contribution in [0.1, 0.15) is 18.0 Å². The van der Waals surface area contributed by atoms with Gasteiger partial charge in [0.05, 0.1) is 35.5 Å². The van der Waals surface area contributed by atoms with Crippen LogP contribution in [0, 0.1) is 0 Å². The normalized spacial score (nSPS) is 15.7. The molecule has 0 aliphatic heterocycles. The van der Waals surface area contributed by atoms with Crippen LogP contribution >= 0.6 is 11.3 Å². The second kappa shape index (κ2) is 9.08. The highest BCUT2D eigenvalue weighted by Gasteiger charge is 2.23. The number of methoxy groups -OCH3 is 1. The SMILES string of the molecule is COC1=CC=CCC1c1csc(-n2nccc2-c2nn(-c3cccc(S(C)(=O)=O)c3)ccc2=O)n1. The summed E-state index contributed by atoms with van der Waals surface area (Å²) in [7, 11) is -1.74. The summed E-state index contributed by atoms with van der Waals surface area (Å²) < 4.78 is 32.5. The maximum absolute atomic E-state index is 12.8. The van der Waals surface area contributed by atoms with Crippen molar-refractivity contribution < 1.29 is 13.2 Å². The number of sulfone groups is 1. The Morgan fingerprint density at radius 3 is 2.86 bits per heavy atom. The fourth-order valence-corrected chi connectivity index (χ4v) is 5.35. The molecule has 3 heterocycles. The highest BCUT2D eigenvalue weighted by atomic mass is 32.2. The monoisotopic (exact) mass is 507 g/mol. The van der Waals surface area contributed by atoms with Gasteiger partial charge in [-0.3, -0.25) is 4.79 Å². The Morgan fingerprint density at radius 2 is 2.06 bits per heavy atom. The molecule has 1 aliphatic rings. The highest BCUT2D eigenvalue weighted by Crippen LogP contribution is 2.33. The minimum Gasteiger partial charge on any atom is -0.500 e. The van der Waals surface area contributed by atoms with Gasteiger partial charge < -0.3 is 4.74 Å². The zero-order valence-electron chi connectivity index (χ0n) is 18.9. The Kier molecular flexibility index (Phi) is 5.95. The molecule has 0 saturated heterocycles. The third-order valence-corrected chi connectivity index (χ3v) is 7.54. The van der Waals surface area contributed by atoms with E-state index in [9.17, 15) is 13.2 Å². The molecule has 0 bridgehead atoms. The summed E-state index contributed by atoms with van der Waals surface area (Å²) in [4.78, 5) is 17.7. The van der Waals surface area contributed by atoms with Gasteiger partial charge in [-0.15, -0.1) is 11.3 Å². The van der Waals surface area contributed by atoms with E-state index in [0.29, 0.717) is 16.5 Å². The minimum atomic E-state index is -3.39. The first kappa shape index (κ1) is 22.9. The van der Waals surface area contributed by atoms with Crippen LogP contribution in [0.5, 0.6) is 0 Å². The molecular weight excluding hydrogens is 486 g/mol. The standard InChI is InChI=1S/C24H21N5O4S2/c1-33-22-9-4-3-8-18(22)19-15-34-24(26-19)29-20(10-12-25-29)23-21(30)11-13-28(27-23)16-6-5-7-17(14-16)35(2,31)32/h3-7,9-15,18H,8H2,1-2H3. The van der Waals surface area contributed by atoms with Crippen molar-refractivity contribution in [3.8, 4) is 22.2 Å². The van der Waals surface area contributed by atoms with Crippen LogP contribution in [0.3, 0.4) is 0 Å². The summed E-state index contributed by atoms with van der Waals surface area (Å²) in [6, 6.07) is 9.48. The number of rotatable bonds is 6. The molecule has 9 nitrogen and oxygen atoms in total. The molecule has 5 rings (SSSR count). The average molecular weight is 508 g/mol. The predicted molar refractivity (Wildman–Crippen MR) is 133 cm³/mol. The van der Waals surface area contributed by atoms with Gasteiger partial charge in [-0.05, 0) is 36.8 Å². The summed E-state index contributed by atoms with van der Waals surface area (Å²) in [5, 5.41) is 11.5. The molecule has 178 valence electrons. The van der Waals surface area contributed by atoms with Crippen molar-refractivity contribution in [2.24, 2.45) is 0 Å². The third-order valence-electron chi connectivity index (χ3n) is 5.60. The van der Waals surface area contributed by atoms with Crippen molar-refractivity contribution in [2.75, 3.05) is 13.4 Å². The second-order valence-electron chi connectivity index (χ2n) is 7.92. The van der Waals surface area contributed by atoms with Gasteiger partial charge >= 0.3 is 0 Å². The maximum atomic E-state index is 12.8. The molecule has 0 radical (unpaired) electrons. The third kappa shape index (κ3) is 4.47. The van der Waals surface area contributed by atoms with Crippen LogP contribution in [0.2, 0.25) is 0 Å². The number of hydrogen-bond acceptors (Lipinski definition) is 8. The topological polar surface area (TPSA) is 109 Å². The summed E-state index contributed by atoms with van der Waals surface area (Å²) in [5.41, 5.74) is 1.74. The number of hydrogen-bond donors (Lipinski definition) is 0. The molecule has 4 aromatic rings. The Morgan fingerprint density at radius 1 is 1.20 bits per heavy atom. The number of nitrogens with zero attached hydrogens (tertiary/aromatic N) is 5. The van der Waals surface area contributed by atoms with E-state index in [1.165, 1.54) is 40.4 Å². The van der Waals surface area contributed by atoms with Gasteiger partial charge in [0.2, 0.25) is 10.6 Å². The zero-order chi connectivity index (χ0) is 24.6. The number of thiazole rings is 1. The molecule has 0 spiro atoms. The van der Waals surface area contributed by atoms with E-state index in [1.807, 2.05) is 17.5 Å². The van der Waals surface area contributed by atoms with Crippen molar-refractivity contribution in [3.63, 3.8) is 0 Å². The molecule has 0 fully saturated rings. The lowest BCUT2D eigenvalue weighted by Crippen LogP contribution is -2.15. The van der Waals surface area contributed by atoms with Crippen molar-refractivity contribution in [3.05, 3.63) is 94.1 Å². The van der Waals surface area contributed by atoms with Crippen molar-refractivity contribution in [1.29, 1.82) is 0 Å². The molecule has 11 heteroatoms. The Labute approximate surface area is 205 Å². The van der Waals surface area contributed by atoms with Crippen LogP contribution < -0.4 is 5.43 Å². The summed E-state index contributed by atoms with van der Waals surface area (Å²) in [6.45, 7) is 0. The smallest absolute Gasteiger partial charge is 0.211 e. The van der Waals surface area contributed by atoms with Crippen molar-refractivity contribution >= 4 is 21.2 Å². The van der Waals surface area contributed by atoms with Gasteiger partial charge in [0.1, 0.15) is 11.5 Å². The second-order valence-corrected chi connectivity index (χ2v) is 10.8. The van der Waals surface area contributed by atoms with Crippen LogP contribution in [0.15, 0.2) is 87.8 Å². The number of ether oxygens (including phenoxy) is 1. The molecule has 0 saturated carbocycles. The van der Waals surface area contributed by atoms with Gasteiger partial charge in [-0.25, -0.2) is 22.8 Å². The van der Waals surface area contributed by atoms with E-state index in [1.54, 1.807) is 36.2 Å². The molecule has 1 aromatic carbocycles. The molecule has 1 aliphatic carbocycles. The lowest BCUT2D eigenvalue weighted by molar-refractivity contribution is 0.261. The van der Waals surface area contributed by atoms with E-state index < -0.39 is 9.84 Å². The Hall–Kier alpha value is -3.83. The summed E-state index contributed by atoms with van der Waals surface area (Å²) in [5.74, 6) is 0.859. The van der Waals surface area contributed by atoms with Gasteiger partial charge in [0, 0.05) is 23.9 Å². The average Bonchev–Trinajstić information content (AvgIpc) is 3.54. The molecule has 35 heavy (non-hydrogen) atoms. The first-order valence-corrected chi connectivity index (χ1v) is 13.4. The molecule has 3 aromatic heterocycles. The minimum absolute atomic E-state index is 0.0169. The van der Waals surface area contributed by atoms with Crippen LogP contribution in [0.4, 0.5) is 0 Å². The number of aromatic nitrogens is 5. The van der Waals surface area contributed by atoms with E-state index in [-0.39, 0.29) is 21.9 Å². The van der Waals surface area contributed by atoms with Gasteiger partial charge in [0.25, 0.3) is 0 Å². The predicted octanol–water partition coefficient (Wildman–Crippen LogP) is 3.52. The molecular formula is C24H21N5O4S2. The first-order valence-electron chi connectivity index (χ1n) is 10.7. The largest absolute Gasteiger partial charge is 0.500 e. The van der Waals surface area contributed by atoms with E-state index in [4.69, 9.17) is 9.72 Å². The zero-order valence-corrected chi connectivity index (χ0v) is 20.5. The first-order chi connectivity index (χ1) is 16.8. The number of allylic oxidation sites excluding steroid dienone is 4. The fraction of sp³-hybridized carbons (Fsp3) is 0.167. The summed E-state index contributed by atoms with van der Waals surface area (Å²) >= 11 is 1.41. The van der Waals surface area contributed by atoms with Crippen molar-refractivity contribution in [2.45, 2.75) is 17.2 Å². The molecule has 1 unspecified atom stereocenters. The van der Waals surface area contributed by atoms with Gasteiger partial charge in [-0.2, -0.15) is 10.2 Å². The van der Waals surface area contributed by atoms with Gasteiger partial charge in [-0.1, -0.05) is 18.2 Å². The van der Waals surface area contributed by atoms with Crippen LogP contribution in [-0.2, 0) is 14.6 Å². The van der Waals surface area contributed by atoms with Gasteiger partial charge in [0.15, 0.2) is 15.5 Å². The molecule has 0 N–H and O–H groups in total. The van der Waals surface area contributed by atoms with E-state index >= 15 is 0 Å². The van der Waals surface area contributed by atoms with Crippen molar-refractivity contribution in [1.82, 2.24) is 24.5 Å². The van der Waals surface area contributed by atoms with Crippen LogP contribution in [-0.4, -0.2) is 46.3 Å². The Balaban J connectivity index is 1.53. The van der Waals surface area contributed by atoms with E-state index in [0.717, 1.165) is 24.1 Å². The highest BCUT2D eigenvalue weighted by molar-refractivity contribution is 7.90. The maximum Gasteiger partial charge on any atom is 0.211 e. The molecule has 0 amide bonds. The Bertz CT molecular complexity index is 1630. The fourth-order valence-electron chi connectivity index (χ4n) is 3.84. The van der Waals surface area contributed by atoms with E-state index in [2.05, 4.69) is 16.3 Å². The van der Waals surface area contributed by atoms with Crippen LogP contribution in [0.25, 0.3) is 22.2 Å². The quantitative estimate of drug-likeness (QED) is 0.393. The lowest BCUT2D eigenvalue weighted by Gasteiger charge is -2.18.